The average Bonchev–Trinajstić information content (AvgIpc) is 3.14. The number of hydrogen-bond donors (Lipinski definition) is 2. The Labute approximate surface area is 172 Å². The Morgan fingerprint density at radius 2 is 1.67 bits per heavy atom. The molecule has 0 aliphatic rings. The number of benzene rings is 2. The van der Waals surface area contributed by atoms with Crippen LogP contribution in [0.15, 0.2) is 90.2 Å². The van der Waals surface area contributed by atoms with Gasteiger partial charge >= 0.3 is 5.69 Å². The van der Waals surface area contributed by atoms with Gasteiger partial charge in [0.05, 0.1) is 16.7 Å². The van der Waals surface area contributed by atoms with Crippen molar-refractivity contribution in [1.82, 2.24) is 24.5 Å². The second-order valence-electron chi connectivity index (χ2n) is 6.84. The molecule has 7 nitrogen and oxygen atoms in total. The molecule has 0 amide bonds. The first-order chi connectivity index (χ1) is 14.8. The van der Waals surface area contributed by atoms with Crippen molar-refractivity contribution in [3.05, 3.63) is 101 Å². The number of H-pyrrole nitrogens is 1. The maximum absolute atomic E-state index is 12.5. The average molecular weight is 394 g/mol. The Kier molecular flexibility index (Phi) is 4.53. The fraction of sp³-hybridized carbons (Fsp3) is 0.0435. The van der Waals surface area contributed by atoms with E-state index in [-0.39, 0.29) is 5.69 Å². The summed E-state index contributed by atoms with van der Waals surface area (Å²) in [5, 5.41) is 3.22. The zero-order valence-corrected chi connectivity index (χ0v) is 16.0. The van der Waals surface area contributed by atoms with E-state index in [0.717, 1.165) is 33.4 Å². The molecule has 0 radical (unpaired) electrons. The maximum Gasteiger partial charge on any atom is 0.331 e. The summed E-state index contributed by atoms with van der Waals surface area (Å²) >= 11 is 0. The van der Waals surface area contributed by atoms with Gasteiger partial charge in [0.25, 0.3) is 0 Å². The molecule has 5 aromatic rings. The van der Waals surface area contributed by atoms with Gasteiger partial charge < -0.3 is 10.3 Å². The first kappa shape index (κ1) is 17.8. The molecule has 0 aliphatic carbocycles. The highest BCUT2D eigenvalue weighted by Crippen LogP contribution is 2.24. The largest absolute Gasteiger partial charge is 0.350 e. The van der Waals surface area contributed by atoms with Gasteiger partial charge in [0.2, 0.25) is 5.95 Å². The smallest absolute Gasteiger partial charge is 0.331 e. The number of imidazole rings is 1. The minimum atomic E-state index is -0.190. The molecular formula is C23H18N6O. The Balaban J connectivity index is 1.44. The van der Waals surface area contributed by atoms with Crippen molar-refractivity contribution >= 4 is 17.0 Å². The summed E-state index contributed by atoms with van der Waals surface area (Å²) in [6.07, 6.45) is 6.89. The van der Waals surface area contributed by atoms with E-state index in [2.05, 4.69) is 37.4 Å². The predicted octanol–water partition coefficient (Wildman–Crippen LogP) is 3.78. The fourth-order valence-corrected chi connectivity index (χ4v) is 3.38. The highest BCUT2D eigenvalue weighted by molar-refractivity contribution is 5.83. The van der Waals surface area contributed by atoms with Crippen LogP contribution in [0.25, 0.3) is 27.8 Å². The van der Waals surface area contributed by atoms with Crippen molar-refractivity contribution in [2.45, 2.75) is 6.54 Å². The summed E-state index contributed by atoms with van der Waals surface area (Å²) in [7, 11) is 0. The number of fused-ring (bicyclic) bond motifs is 1. The molecule has 5 rings (SSSR count). The van der Waals surface area contributed by atoms with E-state index in [9.17, 15) is 4.79 Å². The van der Waals surface area contributed by atoms with E-state index in [1.54, 1.807) is 41.5 Å². The second kappa shape index (κ2) is 7.63. The van der Waals surface area contributed by atoms with Crippen LogP contribution < -0.4 is 11.0 Å². The Hall–Kier alpha value is -4.26. The second-order valence-corrected chi connectivity index (χ2v) is 6.84. The van der Waals surface area contributed by atoms with Gasteiger partial charge in [-0.25, -0.2) is 14.8 Å². The van der Waals surface area contributed by atoms with Crippen molar-refractivity contribution < 1.29 is 0 Å². The standard InChI is InChI=1S/C23H18N6O/c30-23-28-20-7-6-17(12-21(20)29(23)19-8-10-24-11-9-19)18-14-26-22(27-15-18)25-13-16-4-2-1-3-5-16/h1-12,14-15H,13H2,(H,28,30)(H,25,26,27). The molecule has 146 valence electrons. The highest BCUT2D eigenvalue weighted by Gasteiger charge is 2.10. The molecule has 0 bridgehead atoms. The van der Waals surface area contributed by atoms with Crippen LogP contribution >= 0.6 is 0 Å². The molecule has 0 fully saturated rings. The molecule has 0 unspecified atom stereocenters. The van der Waals surface area contributed by atoms with Crippen LogP contribution in [0.3, 0.4) is 0 Å². The van der Waals surface area contributed by atoms with Gasteiger partial charge in [0.15, 0.2) is 0 Å². The number of nitrogens with one attached hydrogen (secondary N) is 2. The summed E-state index contributed by atoms with van der Waals surface area (Å²) in [5.74, 6) is 0.569. The third-order valence-corrected chi connectivity index (χ3v) is 4.88. The Morgan fingerprint density at radius 3 is 2.43 bits per heavy atom. The molecule has 0 spiro atoms. The van der Waals surface area contributed by atoms with E-state index in [1.807, 2.05) is 36.4 Å². The summed E-state index contributed by atoms with van der Waals surface area (Å²) in [5.41, 5.74) is 5.09. The van der Waals surface area contributed by atoms with Gasteiger partial charge in [-0.15, -0.1) is 0 Å². The first-order valence-corrected chi connectivity index (χ1v) is 9.53. The van der Waals surface area contributed by atoms with E-state index in [1.165, 1.54) is 0 Å². The Bertz CT molecular complexity index is 1340. The number of pyridine rings is 1. The van der Waals surface area contributed by atoms with Crippen LogP contribution in [0.5, 0.6) is 0 Å². The molecule has 0 saturated carbocycles. The number of rotatable bonds is 5. The van der Waals surface area contributed by atoms with Gasteiger partial charge in [-0.1, -0.05) is 36.4 Å². The molecule has 0 atom stereocenters. The summed E-state index contributed by atoms with van der Waals surface area (Å²) in [6, 6.07) is 19.5. The van der Waals surface area contributed by atoms with Crippen molar-refractivity contribution in [3.63, 3.8) is 0 Å². The molecule has 2 aromatic carbocycles. The van der Waals surface area contributed by atoms with Gasteiger partial charge in [0, 0.05) is 36.9 Å². The topological polar surface area (TPSA) is 88.5 Å². The monoisotopic (exact) mass is 394 g/mol. The third kappa shape index (κ3) is 3.44. The maximum atomic E-state index is 12.5. The van der Waals surface area contributed by atoms with Crippen LogP contribution in [0, 0.1) is 0 Å². The predicted molar refractivity (Wildman–Crippen MR) is 116 cm³/mol. The minimum absolute atomic E-state index is 0.190. The van der Waals surface area contributed by atoms with Gasteiger partial charge in [0.1, 0.15) is 0 Å². The quantitative estimate of drug-likeness (QED) is 0.474. The number of hydrogen-bond acceptors (Lipinski definition) is 5. The first-order valence-electron chi connectivity index (χ1n) is 9.53. The normalized spacial score (nSPS) is 10.9. The SMILES string of the molecule is O=c1[nH]c2ccc(-c3cnc(NCc4ccccc4)nc3)cc2n1-c1ccncc1. The summed E-state index contributed by atoms with van der Waals surface area (Å²) in [4.78, 5) is 28.2. The number of aromatic nitrogens is 5. The lowest BCUT2D eigenvalue weighted by molar-refractivity contribution is 1.01. The van der Waals surface area contributed by atoms with E-state index >= 15 is 0 Å². The number of nitrogens with zero attached hydrogens (tertiary/aromatic N) is 4. The van der Waals surface area contributed by atoms with Crippen molar-refractivity contribution in [2.75, 3.05) is 5.32 Å². The number of anilines is 1. The lowest BCUT2D eigenvalue weighted by Crippen LogP contribution is -2.14. The van der Waals surface area contributed by atoms with E-state index in [4.69, 9.17) is 0 Å². The summed E-state index contributed by atoms with van der Waals surface area (Å²) < 4.78 is 1.64. The van der Waals surface area contributed by atoms with Crippen LogP contribution in [0.4, 0.5) is 5.95 Å². The fourth-order valence-electron chi connectivity index (χ4n) is 3.38. The van der Waals surface area contributed by atoms with Gasteiger partial charge in [-0.05, 0) is 35.4 Å². The minimum Gasteiger partial charge on any atom is -0.350 e. The lowest BCUT2D eigenvalue weighted by Gasteiger charge is -2.07. The molecule has 30 heavy (non-hydrogen) atoms. The number of aromatic amines is 1. The third-order valence-electron chi connectivity index (χ3n) is 4.88. The molecule has 0 aliphatic heterocycles. The highest BCUT2D eigenvalue weighted by atomic mass is 16.1. The van der Waals surface area contributed by atoms with Gasteiger partial charge in [-0.2, -0.15) is 0 Å². The van der Waals surface area contributed by atoms with Crippen LogP contribution in [-0.4, -0.2) is 24.5 Å². The molecule has 7 heteroatoms. The lowest BCUT2D eigenvalue weighted by atomic mass is 10.1. The van der Waals surface area contributed by atoms with Crippen molar-refractivity contribution in [3.8, 4) is 16.8 Å². The molecular weight excluding hydrogens is 376 g/mol. The van der Waals surface area contributed by atoms with E-state index < -0.39 is 0 Å². The molecule has 2 N–H and O–H groups in total. The Morgan fingerprint density at radius 1 is 0.900 bits per heavy atom. The van der Waals surface area contributed by atoms with Crippen molar-refractivity contribution in [2.24, 2.45) is 0 Å². The van der Waals surface area contributed by atoms with E-state index in [0.29, 0.717) is 12.5 Å². The molecule has 3 aromatic heterocycles. The molecule has 0 saturated heterocycles. The zero-order valence-electron chi connectivity index (χ0n) is 16.0. The van der Waals surface area contributed by atoms with Crippen LogP contribution in [0.1, 0.15) is 5.56 Å². The van der Waals surface area contributed by atoms with Crippen LogP contribution in [0.2, 0.25) is 0 Å². The molecule has 3 heterocycles. The van der Waals surface area contributed by atoms with Gasteiger partial charge in [-0.3, -0.25) is 9.55 Å². The zero-order chi connectivity index (χ0) is 20.3. The summed E-state index contributed by atoms with van der Waals surface area (Å²) in [6.45, 7) is 0.660. The van der Waals surface area contributed by atoms with Crippen molar-refractivity contribution in [1.29, 1.82) is 0 Å². The van der Waals surface area contributed by atoms with Crippen LogP contribution in [-0.2, 0) is 6.54 Å².